The van der Waals surface area contributed by atoms with Crippen LogP contribution >= 0.6 is 0 Å². The van der Waals surface area contributed by atoms with Gasteiger partial charge in [0.15, 0.2) is 15.5 Å². The molecule has 4 aromatic rings. The van der Waals surface area contributed by atoms with Crippen molar-refractivity contribution >= 4 is 44.7 Å². The van der Waals surface area contributed by atoms with Crippen LogP contribution in [0.4, 0.5) is 23.3 Å². The molecule has 1 aliphatic rings. The van der Waals surface area contributed by atoms with Crippen molar-refractivity contribution < 1.29 is 13.2 Å². The minimum Gasteiger partial charge on any atom is -0.369 e. The van der Waals surface area contributed by atoms with E-state index in [4.69, 9.17) is 5.73 Å². The summed E-state index contributed by atoms with van der Waals surface area (Å²) in [7, 11) is -3.52. The number of rotatable bonds is 9. The molecule has 0 saturated carbocycles. The highest BCUT2D eigenvalue weighted by atomic mass is 32.2. The number of fused-ring (bicyclic) bond motifs is 1. The van der Waals surface area contributed by atoms with E-state index in [0.29, 0.717) is 35.7 Å². The third kappa shape index (κ3) is 5.86. The smallest absolute Gasteiger partial charge is 0.233 e. The van der Waals surface area contributed by atoms with Crippen LogP contribution in [0.25, 0.3) is 5.65 Å². The molecule has 4 N–H and O–H groups in total. The van der Waals surface area contributed by atoms with Gasteiger partial charge >= 0.3 is 0 Å². The predicted molar refractivity (Wildman–Crippen MR) is 150 cm³/mol. The Kier molecular flexibility index (Phi) is 7.49. The summed E-state index contributed by atoms with van der Waals surface area (Å²) in [5.41, 5.74) is 8.36. The number of aromatic nitrogens is 4. The average molecular weight is 549 g/mol. The maximum absolute atomic E-state index is 12.9. The fourth-order valence-electron chi connectivity index (χ4n) is 4.77. The molecule has 3 heterocycles. The first-order valence-electron chi connectivity index (χ1n) is 12.9. The van der Waals surface area contributed by atoms with Crippen LogP contribution in [0.15, 0.2) is 65.7 Å². The minimum atomic E-state index is -3.52. The molecule has 0 radical (unpaired) electrons. The van der Waals surface area contributed by atoms with E-state index in [1.807, 2.05) is 12.1 Å². The van der Waals surface area contributed by atoms with E-state index in [1.54, 1.807) is 50.4 Å². The second-order valence-electron chi connectivity index (χ2n) is 9.95. The van der Waals surface area contributed by atoms with Crippen molar-refractivity contribution in [3.63, 3.8) is 0 Å². The Morgan fingerprint density at radius 2 is 1.74 bits per heavy atom. The summed E-state index contributed by atoms with van der Waals surface area (Å²) in [6, 6.07) is 16.7. The molecular weight excluding hydrogens is 516 g/mol. The van der Waals surface area contributed by atoms with Crippen LogP contribution in [0, 0.1) is 0 Å². The zero-order chi connectivity index (χ0) is 27.6. The summed E-state index contributed by atoms with van der Waals surface area (Å²) in [4.78, 5) is 22.6. The summed E-state index contributed by atoms with van der Waals surface area (Å²) in [6.07, 6.45) is 3.56. The van der Waals surface area contributed by atoms with Crippen molar-refractivity contribution in [2.45, 2.75) is 42.8 Å². The molecule has 1 saturated heterocycles. The number of nitrogens with one attached hydrogen (secondary N) is 2. The van der Waals surface area contributed by atoms with Gasteiger partial charge in [0, 0.05) is 11.8 Å². The molecule has 2 aromatic carbocycles. The number of hydrogen-bond donors (Lipinski definition) is 3. The highest BCUT2D eigenvalue weighted by Crippen LogP contribution is 2.30. The zero-order valence-electron chi connectivity index (χ0n) is 21.9. The summed E-state index contributed by atoms with van der Waals surface area (Å²) >= 11 is 0. The number of benzene rings is 2. The average Bonchev–Trinajstić information content (AvgIpc) is 3.39. The lowest BCUT2D eigenvalue weighted by Gasteiger charge is -2.31. The molecule has 39 heavy (non-hydrogen) atoms. The Morgan fingerprint density at radius 3 is 2.44 bits per heavy atom. The van der Waals surface area contributed by atoms with Crippen molar-refractivity contribution in [1.82, 2.24) is 24.5 Å². The largest absolute Gasteiger partial charge is 0.369 e. The number of sulfone groups is 1. The molecule has 0 spiro atoms. The van der Waals surface area contributed by atoms with Crippen molar-refractivity contribution in [1.29, 1.82) is 0 Å². The van der Waals surface area contributed by atoms with Crippen molar-refractivity contribution in [3.05, 3.63) is 66.4 Å². The van der Waals surface area contributed by atoms with Gasteiger partial charge in [-0.3, -0.25) is 9.69 Å². The van der Waals surface area contributed by atoms with Crippen LogP contribution in [-0.2, 0) is 14.6 Å². The number of carbonyl (C=O) groups is 1. The van der Waals surface area contributed by atoms with Crippen molar-refractivity contribution in [2.75, 3.05) is 30.3 Å². The molecular formula is C27H32N8O3S. The number of primary amides is 1. The van der Waals surface area contributed by atoms with Gasteiger partial charge in [-0.2, -0.15) is 19.6 Å². The van der Waals surface area contributed by atoms with E-state index in [9.17, 15) is 13.2 Å². The van der Waals surface area contributed by atoms with E-state index < -0.39 is 15.1 Å². The fourth-order valence-corrected chi connectivity index (χ4v) is 5.97. The first-order valence-corrected chi connectivity index (χ1v) is 14.4. The number of nitrogens with zero attached hydrogens (tertiary/aromatic N) is 5. The van der Waals surface area contributed by atoms with E-state index in [0.717, 1.165) is 31.6 Å². The van der Waals surface area contributed by atoms with Crippen LogP contribution in [0.3, 0.4) is 0 Å². The van der Waals surface area contributed by atoms with E-state index in [-0.39, 0.29) is 10.8 Å². The maximum Gasteiger partial charge on any atom is 0.233 e. The molecule has 0 bridgehead atoms. The molecule has 1 fully saturated rings. The van der Waals surface area contributed by atoms with Crippen LogP contribution in [-0.4, -0.2) is 63.7 Å². The topological polar surface area (TPSA) is 148 Å². The second-order valence-corrected chi connectivity index (χ2v) is 12.4. The van der Waals surface area contributed by atoms with Gasteiger partial charge in [0.1, 0.15) is 0 Å². The normalized spacial score (nSPS) is 15.1. The molecule has 12 heteroatoms. The van der Waals surface area contributed by atoms with E-state index >= 15 is 0 Å². The first-order chi connectivity index (χ1) is 18.7. The van der Waals surface area contributed by atoms with Gasteiger partial charge in [-0.25, -0.2) is 8.42 Å². The van der Waals surface area contributed by atoms with Crippen molar-refractivity contribution in [2.24, 2.45) is 5.73 Å². The molecule has 0 atom stereocenters. The standard InChI is InChI=1S/C27H32N8O3S/c1-18(2)39(37,38)23-6-4-3-5-22(23)31-27-33-26(32-25-11-14-29-35(25)27)30-21-9-7-19(8-10-21)20-12-15-34(16-13-20)17-24(28)36/h3-11,14,18,20H,12-13,15-17H2,1-2H3,(H2,28,36)(H2,30,31,32,33). The second kappa shape index (κ2) is 11.0. The molecule has 204 valence electrons. The van der Waals surface area contributed by atoms with Crippen LogP contribution in [0.5, 0.6) is 0 Å². The number of anilines is 4. The zero-order valence-corrected chi connectivity index (χ0v) is 22.7. The number of para-hydroxylation sites is 1. The molecule has 5 rings (SSSR count). The maximum atomic E-state index is 12.9. The molecule has 1 amide bonds. The Morgan fingerprint density at radius 1 is 1.03 bits per heavy atom. The van der Waals surface area contributed by atoms with E-state index in [2.05, 4.69) is 42.7 Å². The third-order valence-corrected chi connectivity index (χ3v) is 9.13. The lowest BCUT2D eigenvalue weighted by atomic mass is 9.89. The van der Waals surface area contributed by atoms with Gasteiger partial charge in [0.05, 0.1) is 28.6 Å². The fraction of sp³-hybridized carbons (Fsp3) is 0.333. The number of nitrogens with two attached hydrogens (primary N) is 1. The van der Waals surface area contributed by atoms with E-state index in [1.165, 1.54) is 10.1 Å². The molecule has 2 aromatic heterocycles. The van der Waals surface area contributed by atoms with Gasteiger partial charge < -0.3 is 16.4 Å². The first kappa shape index (κ1) is 26.6. The molecule has 1 aliphatic heterocycles. The lowest BCUT2D eigenvalue weighted by molar-refractivity contribution is -0.119. The molecule has 0 unspecified atom stereocenters. The predicted octanol–water partition coefficient (Wildman–Crippen LogP) is 3.46. The van der Waals surface area contributed by atoms with Crippen LogP contribution < -0.4 is 16.4 Å². The summed E-state index contributed by atoms with van der Waals surface area (Å²) in [6.45, 7) is 5.33. The summed E-state index contributed by atoms with van der Waals surface area (Å²) < 4.78 is 27.4. The Labute approximate surface area is 227 Å². The van der Waals surface area contributed by atoms with Crippen LogP contribution in [0.2, 0.25) is 0 Å². The van der Waals surface area contributed by atoms with Crippen LogP contribution in [0.1, 0.15) is 38.2 Å². The Bertz CT molecular complexity index is 1580. The number of hydrogen-bond acceptors (Lipinski definition) is 9. The summed E-state index contributed by atoms with van der Waals surface area (Å²) in [5, 5.41) is 10.1. The Hall–Kier alpha value is -4.03. The quantitative estimate of drug-likeness (QED) is 0.286. The molecule has 0 aliphatic carbocycles. The minimum absolute atomic E-state index is 0.199. The summed E-state index contributed by atoms with van der Waals surface area (Å²) in [5.74, 6) is 0.824. The van der Waals surface area contributed by atoms with Crippen molar-refractivity contribution in [3.8, 4) is 0 Å². The highest BCUT2D eigenvalue weighted by molar-refractivity contribution is 7.92. The number of amides is 1. The van der Waals surface area contributed by atoms with Gasteiger partial charge in [0.2, 0.25) is 17.8 Å². The van der Waals surface area contributed by atoms with Gasteiger partial charge in [-0.15, -0.1) is 0 Å². The van der Waals surface area contributed by atoms with Gasteiger partial charge in [-0.1, -0.05) is 24.3 Å². The number of carbonyl (C=O) groups excluding carboxylic acids is 1. The number of piperidine rings is 1. The molecule has 11 nitrogen and oxygen atoms in total. The number of likely N-dealkylation sites (tertiary alicyclic amines) is 1. The Balaban J connectivity index is 1.35. The lowest BCUT2D eigenvalue weighted by Crippen LogP contribution is -2.39. The van der Waals surface area contributed by atoms with Gasteiger partial charge in [-0.05, 0) is 75.5 Å². The highest BCUT2D eigenvalue weighted by Gasteiger charge is 2.24. The monoisotopic (exact) mass is 548 g/mol. The van der Waals surface area contributed by atoms with Gasteiger partial charge in [0.25, 0.3) is 0 Å². The third-order valence-electron chi connectivity index (χ3n) is 6.92. The SMILES string of the molecule is CC(C)S(=O)(=O)c1ccccc1Nc1nc(Nc2ccc(C3CCN(CC(N)=O)CC3)cc2)nc2ccnn12.